The van der Waals surface area contributed by atoms with Crippen LogP contribution in [0.4, 0.5) is 0 Å². The van der Waals surface area contributed by atoms with Gasteiger partial charge in [-0.2, -0.15) is 0 Å². The molecule has 1 heterocycles. The fourth-order valence-electron chi connectivity index (χ4n) is 2.44. The molecule has 3 rings (SSSR count). The second kappa shape index (κ2) is 5.66. The summed E-state index contributed by atoms with van der Waals surface area (Å²) in [6, 6.07) is 3.64. The van der Waals surface area contributed by atoms with Crippen LogP contribution in [0.1, 0.15) is 28.2 Å². The third kappa shape index (κ3) is 2.40. The lowest BCUT2D eigenvalue weighted by Gasteiger charge is -2.11. The molecule has 6 heteroatoms. The Balaban J connectivity index is 2.11. The summed E-state index contributed by atoms with van der Waals surface area (Å²) < 4.78 is 10.5. The van der Waals surface area contributed by atoms with Crippen molar-refractivity contribution in [3.05, 3.63) is 27.7 Å². The molecule has 0 bridgehead atoms. The SMILES string of the molecule is COc1ccc(-c2nc3c(s2)C(=O)CCC3)c(Cl)c1OC. The maximum Gasteiger partial charge on any atom is 0.180 e. The van der Waals surface area contributed by atoms with E-state index in [9.17, 15) is 4.79 Å². The van der Waals surface area contributed by atoms with E-state index in [4.69, 9.17) is 21.1 Å². The van der Waals surface area contributed by atoms with E-state index in [2.05, 4.69) is 4.98 Å². The average molecular weight is 324 g/mol. The Morgan fingerprint density at radius 1 is 1.24 bits per heavy atom. The second-order valence-corrected chi connectivity index (χ2v) is 6.11. The highest BCUT2D eigenvalue weighted by Gasteiger charge is 2.24. The Morgan fingerprint density at radius 2 is 2.05 bits per heavy atom. The molecule has 1 aromatic carbocycles. The van der Waals surface area contributed by atoms with Crippen LogP contribution in [-0.4, -0.2) is 25.0 Å². The van der Waals surface area contributed by atoms with Crippen LogP contribution in [-0.2, 0) is 6.42 Å². The summed E-state index contributed by atoms with van der Waals surface area (Å²) in [5.74, 6) is 1.23. The number of halogens is 1. The van der Waals surface area contributed by atoms with Crippen molar-refractivity contribution in [2.45, 2.75) is 19.3 Å². The summed E-state index contributed by atoms with van der Waals surface area (Å²) in [7, 11) is 3.11. The minimum atomic E-state index is 0.177. The number of rotatable bonds is 3. The van der Waals surface area contributed by atoms with E-state index >= 15 is 0 Å². The number of hydrogen-bond acceptors (Lipinski definition) is 5. The van der Waals surface area contributed by atoms with E-state index in [1.165, 1.54) is 11.3 Å². The Kier molecular flexibility index (Phi) is 3.87. The number of benzene rings is 1. The number of ketones is 1. The van der Waals surface area contributed by atoms with Gasteiger partial charge in [-0.05, 0) is 25.0 Å². The van der Waals surface area contributed by atoms with E-state index in [1.54, 1.807) is 20.3 Å². The van der Waals surface area contributed by atoms with Gasteiger partial charge < -0.3 is 9.47 Å². The molecule has 0 amide bonds. The average Bonchev–Trinajstić information content (AvgIpc) is 2.92. The zero-order valence-electron chi connectivity index (χ0n) is 11.7. The lowest BCUT2D eigenvalue weighted by molar-refractivity contribution is 0.0976. The van der Waals surface area contributed by atoms with E-state index < -0.39 is 0 Å². The van der Waals surface area contributed by atoms with Gasteiger partial charge in [-0.15, -0.1) is 11.3 Å². The molecule has 110 valence electrons. The molecule has 0 fully saturated rings. The van der Waals surface area contributed by atoms with Gasteiger partial charge in [0, 0.05) is 12.0 Å². The van der Waals surface area contributed by atoms with Crippen LogP contribution in [0.3, 0.4) is 0 Å². The first-order valence-electron chi connectivity index (χ1n) is 6.59. The van der Waals surface area contributed by atoms with Crippen molar-refractivity contribution < 1.29 is 14.3 Å². The number of hydrogen-bond donors (Lipinski definition) is 0. The first kappa shape index (κ1) is 14.4. The molecular formula is C15H14ClNO3S. The van der Waals surface area contributed by atoms with E-state index in [0.717, 1.165) is 34.0 Å². The predicted octanol–water partition coefficient (Wildman–Crippen LogP) is 4.00. The maximum absolute atomic E-state index is 11.9. The number of thiazole rings is 1. The van der Waals surface area contributed by atoms with Crippen LogP contribution >= 0.6 is 22.9 Å². The van der Waals surface area contributed by atoms with Crippen LogP contribution in [0.2, 0.25) is 5.02 Å². The molecule has 0 aliphatic heterocycles. The minimum Gasteiger partial charge on any atom is -0.493 e. The highest BCUT2D eigenvalue weighted by Crippen LogP contribution is 2.43. The Bertz CT molecular complexity index is 711. The first-order valence-corrected chi connectivity index (χ1v) is 7.79. The second-order valence-electron chi connectivity index (χ2n) is 4.73. The van der Waals surface area contributed by atoms with Crippen molar-refractivity contribution in [2.24, 2.45) is 0 Å². The van der Waals surface area contributed by atoms with Gasteiger partial charge in [0.2, 0.25) is 0 Å². The number of aromatic nitrogens is 1. The van der Waals surface area contributed by atoms with Gasteiger partial charge in [-0.1, -0.05) is 11.6 Å². The first-order chi connectivity index (χ1) is 10.2. The summed E-state index contributed by atoms with van der Waals surface area (Å²) in [5.41, 5.74) is 1.65. The molecule has 2 aromatic rings. The fraction of sp³-hybridized carbons (Fsp3) is 0.333. The standard InChI is InChI=1S/C15H14ClNO3S/c1-19-11-7-6-8(12(16)13(11)20-2)15-17-9-4-3-5-10(18)14(9)21-15/h6-7H,3-5H2,1-2H3. The zero-order chi connectivity index (χ0) is 15.0. The molecular weight excluding hydrogens is 310 g/mol. The van der Waals surface area contributed by atoms with Gasteiger partial charge in [0.1, 0.15) is 5.01 Å². The number of fused-ring (bicyclic) bond motifs is 1. The summed E-state index contributed by atoms with van der Waals surface area (Å²) in [6.45, 7) is 0. The van der Waals surface area contributed by atoms with Crippen LogP contribution in [0.25, 0.3) is 10.6 Å². The van der Waals surface area contributed by atoms with Crippen molar-refractivity contribution in [3.63, 3.8) is 0 Å². The van der Waals surface area contributed by atoms with Gasteiger partial charge >= 0.3 is 0 Å². The van der Waals surface area contributed by atoms with Crippen LogP contribution < -0.4 is 9.47 Å². The van der Waals surface area contributed by atoms with Gasteiger partial charge in [0.15, 0.2) is 17.3 Å². The Labute approximate surface area is 131 Å². The number of methoxy groups -OCH3 is 2. The van der Waals surface area contributed by atoms with Gasteiger partial charge in [0.25, 0.3) is 0 Å². The molecule has 0 N–H and O–H groups in total. The molecule has 0 radical (unpaired) electrons. The topological polar surface area (TPSA) is 48.4 Å². The number of carbonyl (C=O) groups excluding carboxylic acids is 1. The zero-order valence-corrected chi connectivity index (χ0v) is 13.3. The van der Waals surface area contributed by atoms with Gasteiger partial charge in [-0.3, -0.25) is 4.79 Å². The monoisotopic (exact) mass is 323 g/mol. The maximum atomic E-state index is 11.9. The lowest BCUT2D eigenvalue weighted by Crippen LogP contribution is -2.07. The number of carbonyl (C=O) groups is 1. The Morgan fingerprint density at radius 3 is 2.71 bits per heavy atom. The molecule has 1 aliphatic carbocycles. The number of ether oxygens (including phenoxy) is 2. The van der Waals surface area contributed by atoms with Crippen molar-refractivity contribution in [1.82, 2.24) is 4.98 Å². The van der Waals surface area contributed by atoms with Crippen molar-refractivity contribution in [3.8, 4) is 22.1 Å². The van der Waals surface area contributed by atoms with Gasteiger partial charge in [-0.25, -0.2) is 4.98 Å². The summed E-state index contributed by atoms with van der Waals surface area (Å²) in [4.78, 5) is 17.3. The smallest absolute Gasteiger partial charge is 0.180 e. The Hall–Kier alpha value is -1.59. The summed E-state index contributed by atoms with van der Waals surface area (Å²) >= 11 is 7.81. The lowest BCUT2D eigenvalue weighted by atomic mass is 10.0. The van der Waals surface area contributed by atoms with Crippen molar-refractivity contribution in [1.29, 1.82) is 0 Å². The van der Waals surface area contributed by atoms with E-state index in [-0.39, 0.29) is 5.78 Å². The molecule has 0 saturated carbocycles. The highest BCUT2D eigenvalue weighted by atomic mass is 35.5. The van der Waals surface area contributed by atoms with Crippen LogP contribution in [0.15, 0.2) is 12.1 Å². The minimum absolute atomic E-state index is 0.177. The third-order valence-electron chi connectivity index (χ3n) is 3.48. The molecule has 0 saturated heterocycles. The number of aryl methyl sites for hydroxylation is 1. The van der Waals surface area contributed by atoms with Gasteiger partial charge in [0.05, 0.1) is 29.8 Å². The summed E-state index contributed by atoms with van der Waals surface area (Å²) in [6.07, 6.45) is 2.32. The fourth-order valence-corrected chi connectivity index (χ4v) is 3.93. The molecule has 0 atom stereocenters. The van der Waals surface area contributed by atoms with Crippen LogP contribution in [0.5, 0.6) is 11.5 Å². The normalized spacial score (nSPS) is 14.0. The molecule has 1 aromatic heterocycles. The number of Topliss-reactive ketones (excluding diaryl/α,β-unsaturated/α-hetero) is 1. The molecule has 21 heavy (non-hydrogen) atoms. The number of nitrogens with zero attached hydrogens (tertiary/aromatic N) is 1. The molecule has 1 aliphatic rings. The molecule has 0 spiro atoms. The van der Waals surface area contributed by atoms with Crippen LogP contribution in [0, 0.1) is 0 Å². The highest BCUT2D eigenvalue weighted by molar-refractivity contribution is 7.17. The summed E-state index contributed by atoms with van der Waals surface area (Å²) in [5, 5.41) is 1.21. The van der Waals surface area contributed by atoms with E-state index in [0.29, 0.717) is 22.9 Å². The largest absolute Gasteiger partial charge is 0.493 e. The third-order valence-corrected chi connectivity index (χ3v) is 5.03. The molecule has 4 nitrogen and oxygen atoms in total. The predicted molar refractivity (Wildman–Crippen MR) is 82.9 cm³/mol. The van der Waals surface area contributed by atoms with Crippen molar-refractivity contribution in [2.75, 3.05) is 14.2 Å². The van der Waals surface area contributed by atoms with E-state index in [1.807, 2.05) is 6.07 Å². The molecule has 0 unspecified atom stereocenters. The van der Waals surface area contributed by atoms with Crippen molar-refractivity contribution >= 4 is 28.7 Å². The quantitative estimate of drug-likeness (QED) is 0.856.